The molecule has 0 aliphatic rings. The van der Waals surface area contributed by atoms with Crippen LogP contribution in [0.4, 0.5) is 0 Å². The van der Waals surface area contributed by atoms with Gasteiger partial charge in [-0.2, -0.15) is 0 Å². The van der Waals surface area contributed by atoms with E-state index in [4.69, 9.17) is 9.05 Å². The zero-order valence-corrected chi connectivity index (χ0v) is 29.0. The van der Waals surface area contributed by atoms with Gasteiger partial charge >= 0.3 is 0 Å². The van der Waals surface area contributed by atoms with E-state index in [0.29, 0.717) is 11.0 Å². The van der Waals surface area contributed by atoms with Gasteiger partial charge in [-0.3, -0.25) is 9.36 Å². The molecule has 1 amide bonds. The van der Waals surface area contributed by atoms with Crippen LogP contribution in [0, 0.1) is 0 Å². The van der Waals surface area contributed by atoms with Gasteiger partial charge < -0.3 is 28.8 Å². The van der Waals surface area contributed by atoms with Crippen LogP contribution >= 0.6 is 7.82 Å². The Morgan fingerprint density at radius 1 is 0.791 bits per heavy atom. The standard InChI is InChI=1S/C34H65N2O6P/c1-6-8-9-10-11-12-13-14-15-16-17-18-19-20-21-22-23-24-25-26-27-28-33(37)32(35-34(38)7-2)31-42-43(39,40)41-30-29-36(3,4)5/h19-20,23-24,27-28,32-33,37H,6-18,21-22,25-26,29-31H2,1-5H3,(H-,35,38,39,40)/b20-19+,24-23+,28-27+. The quantitative estimate of drug-likeness (QED) is 0.0387. The number of nitrogens with one attached hydrogen (secondary N) is 1. The molecule has 0 aromatic heterocycles. The minimum atomic E-state index is -4.55. The van der Waals surface area contributed by atoms with Gasteiger partial charge in [-0.15, -0.1) is 0 Å². The summed E-state index contributed by atoms with van der Waals surface area (Å²) in [5.41, 5.74) is 0. The molecule has 0 rings (SSSR count). The maximum Gasteiger partial charge on any atom is 0.268 e. The van der Waals surface area contributed by atoms with Gasteiger partial charge in [0.25, 0.3) is 7.82 Å². The van der Waals surface area contributed by atoms with Gasteiger partial charge in [0.15, 0.2) is 0 Å². The van der Waals surface area contributed by atoms with Crippen LogP contribution in [0.15, 0.2) is 36.5 Å². The van der Waals surface area contributed by atoms with Gasteiger partial charge in [0.1, 0.15) is 13.2 Å². The van der Waals surface area contributed by atoms with E-state index in [9.17, 15) is 19.4 Å². The molecule has 9 heteroatoms. The lowest BCUT2D eigenvalue weighted by Crippen LogP contribution is -2.45. The molecule has 2 N–H and O–H groups in total. The van der Waals surface area contributed by atoms with Crippen molar-refractivity contribution in [3.05, 3.63) is 36.5 Å². The molecule has 0 bridgehead atoms. The Morgan fingerprint density at radius 3 is 1.79 bits per heavy atom. The highest BCUT2D eigenvalue weighted by Gasteiger charge is 2.22. The Kier molecular flexibility index (Phi) is 26.3. The Hall–Kier alpha value is -1.28. The number of hydrogen-bond donors (Lipinski definition) is 2. The maximum absolute atomic E-state index is 12.1. The molecular weight excluding hydrogens is 563 g/mol. The zero-order chi connectivity index (χ0) is 32.2. The van der Waals surface area contributed by atoms with Crippen LogP contribution in [0.25, 0.3) is 0 Å². The second-order valence-electron chi connectivity index (χ2n) is 12.5. The predicted molar refractivity (Wildman–Crippen MR) is 178 cm³/mol. The SMILES string of the molecule is CCCCCCCCCCCCC/C=C/CC/C=C/CC/C=C/C(O)C(COP(=O)([O-])OCC[N+](C)(C)C)NC(=O)CC. The van der Waals surface area contributed by atoms with E-state index in [1.54, 1.807) is 13.0 Å². The number of phosphoric acid groups is 1. The van der Waals surface area contributed by atoms with Crippen molar-refractivity contribution in [2.24, 2.45) is 0 Å². The molecule has 0 radical (unpaired) electrons. The fourth-order valence-corrected chi connectivity index (χ4v) is 5.05. The van der Waals surface area contributed by atoms with E-state index in [0.717, 1.165) is 25.7 Å². The number of nitrogens with zero attached hydrogens (tertiary/aromatic N) is 1. The Bertz CT molecular complexity index is 809. The van der Waals surface area contributed by atoms with Crippen LogP contribution in [0.5, 0.6) is 0 Å². The molecule has 0 saturated carbocycles. The van der Waals surface area contributed by atoms with Crippen LogP contribution in [0.2, 0.25) is 0 Å². The molecule has 0 aromatic carbocycles. The summed E-state index contributed by atoms with van der Waals surface area (Å²) in [6, 6.07) is -0.902. The number of aliphatic hydroxyl groups excluding tert-OH is 1. The number of hydrogen-bond acceptors (Lipinski definition) is 6. The van der Waals surface area contributed by atoms with E-state index in [1.165, 1.54) is 77.0 Å². The highest BCUT2D eigenvalue weighted by molar-refractivity contribution is 7.45. The summed E-state index contributed by atoms with van der Waals surface area (Å²) >= 11 is 0. The minimum Gasteiger partial charge on any atom is -0.756 e. The van der Waals surface area contributed by atoms with Crippen molar-refractivity contribution >= 4 is 13.7 Å². The molecule has 3 unspecified atom stereocenters. The molecule has 0 fully saturated rings. The number of amides is 1. The summed E-state index contributed by atoms with van der Waals surface area (Å²) in [7, 11) is 1.22. The average molecular weight is 629 g/mol. The van der Waals surface area contributed by atoms with Gasteiger partial charge in [-0.25, -0.2) is 0 Å². The third-order valence-electron chi connectivity index (χ3n) is 7.14. The normalized spacial score (nSPS) is 15.4. The van der Waals surface area contributed by atoms with Gasteiger partial charge in [0, 0.05) is 6.42 Å². The van der Waals surface area contributed by atoms with Crippen LogP contribution in [0.3, 0.4) is 0 Å². The third-order valence-corrected chi connectivity index (χ3v) is 8.11. The maximum atomic E-state index is 12.1. The van der Waals surface area contributed by atoms with Gasteiger partial charge in [-0.05, 0) is 38.5 Å². The van der Waals surface area contributed by atoms with Crippen molar-refractivity contribution in [2.45, 2.75) is 135 Å². The van der Waals surface area contributed by atoms with Gasteiger partial charge in [0.2, 0.25) is 5.91 Å². The van der Waals surface area contributed by atoms with Crippen molar-refractivity contribution in [2.75, 3.05) is 40.9 Å². The summed E-state index contributed by atoms with van der Waals surface area (Å²) < 4.78 is 22.5. The number of carbonyl (C=O) groups is 1. The summed E-state index contributed by atoms with van der Waals surface area (Å²) in [5.74, 6) is -0.302. The highest BCUT2D eigenvalue weighted by Crippen LogP contribution is 2.38. The molecule has 0 aliphatic carbocycles. The Labute approximate surface area is 264 Å². The second kappa shape index (κ2) is 27.1. The zero-order valence-electron chi connectivity index (χ0n) is 28.1. The molecule has 252 valence electrons. The molecular formula is C34H65N2O6P. The lowest BCUT2D eigenvalue weighted by atomic mass is 10.1. The van der Waals surface area contributed by atoms with Gasteiger partial charge in [0.05, 0.1) is 39.9 Å². The largest absolute Gasteiger partial charge is 0.756 e. The van der Waals surface area contributed by atoms with Crippen LogP contribution in [-0.4, -0.2) is 68.5 Å². The summed E-state index contributed by atoms with van der Waals surface area (Å²) in [5, 5.41) is 13.2. The third kappa shape index (κ3) is 29.2. The highest BCUT2D eigenvalue weighted by atomic mass is 31.2. The number of allylic oxidation sites excluding steroid dienone is 5. The van der Waals surface area contributed by atoms with Crippen molar-refractivity contribution in [3.63, 3.8) is 0 Å². The van der Waals surface area contributed by atoms with E-state index >= 15 is 0 Å². The fraction of sp³-hybridized carbons (Fsp3) is 0.794. The number of phosphoric ester groups is 1. The average Bonchev–Trinajstić information content (AvgIpc) is 2.94. The van der Waals surface area contributed by atoms with Gasteiger partial charge in [-0.1, -0.05) is 115 Å². The first-order chi connectivity index (χ1) is 20.5. The number of aliphatic hydroxyl groups is 1. The predicted octanol–water partition coefficient (Wildman–Crippen LogP) is 7.38. The molecule has 3 atom stereocenters. The number of quaternary nitrogens is 1. The lowest BCUT2D eigenvalue weighted by Gasteiger charge is -2.29. The first-order valence-electron chi connectivity index (χ1n) is 16.9. The van der Waals surface area contributed by atoms with E-state index in [2.05, 4.69) is 36.5 Å². The molecule has 0 aromatic rings. The number of unbranched alkanes of at least 4 members (excludes halogenated alkanes) is 13. The monoisotopic (exact) mass is 628 g/mol. The summed E-state index contributed by atoms with van der Waals surface area (Å²) in [6.07, 6.45) is 31.4. The van der Waals surface area contributed by atoms with E-state index in [-0.39, 0.29) is 18.9 Å². The van der Waals surface area contributed by atoms with Crippen molar-refractivity contribution < 1.29 is 32.9 Å². The minimum absolute atomic E-state index is 0.0119. The Morgan fingerprint density at radius 2 is 1.28 bits per heavy atom. The first-order valence-corrected chi connectivity index (χ1v) is 18.3. The van der Waals surface area contributed by atoms with E-state index in [1.807, 2.05) is 27.2 Å². The fourth-order valence-electron chi connectivity index (χ4n) is 4.32. The second-order valence-corrected chi connectivity index (χ2v) is 13.9. The van der Waals surface area contributed by atoms with Crippen molar-refractivity contribution in [3.8, 4) is 0 Å². The van der Waals surface area contributed by atoms with Crippen LogP contribution in [0.1, 0.15) is 123 Å². The number of rotatable bonds is 29. The molecule has 0 saturated heterocycles. The molecule has 43 heavy (non-hydrogen) atoms. The van der Waals surface area contributed by atoms with Crippen LogP contribution < -0.4 is 10.2 Å². The lowest BCUT2D eigenvalue weighted by molar-refractivity contribution is -0.870. The van der Waals surface area contributed by atoms with Crippen molar-refractivity contribution in [1.82, 2.24) is 5.32 Å². The summed E-state index contributed by atoms with van der Waals surface area (Å²) in [6.45, 7) is 4.02. The van der Waals surface area contributed by atoms with Crippen LogP contribution in [-0.2, 0) is 18.4 Å². The smallest absolute Gasteiger partial charge is 0.268 e. The number of likely N-dealkylation sites (N-methyl/N-ethyl adjacent to an activating group) is 1. The molecule has 0 aliphatic heterocycles. The van der Waals surface area contributed by atoms with E-state index < -0.39 is 26.6 Å². The summed E-state index contributed by atoms with van der Waals surface area (Å²) in [4.78, 5) is 24.0. The molecule has 0 spiro atoms. The topological polar surface area (TPSA) is 108 Å². The first kappa shape index (κ1) is 41.7. The molecule has 0 heterocycles. The molecule has 8 nitrogen and oxygen atoms in total. The van der Waals surface area contributed by atoms with Crippen molar-refractivity contribution in [1.29, 1.82) is 0 Å². The number of carbonyl (C=O) groups excluding carboxylic acids is 1. The Balaban J connectivity index is 4.09.